The quantitative estimate of drug-likeness (QED) is 0.122. The number of nitrogens with zero attached hydrogens (tertiary/aromatic N) is 2. The molecule has 56 heavy (non-hydrogen) atoms. The molecule has 1 heterocycles. The molecular weight excluding hydrogens is 783 g/mol. The Bertz CT molecular complexity index is 2030. The zero-order valence-electron chi connectivity index (χ0n) is 31.9. The van der Waals surface area contributed by atoms with Gasteiger partial charge in [-0.1, -0.05) is 73.8 Å². The Morgan fingerprint density at radius 1 is 0.982 bits per heavy atom. The maximum absolute atomic E-state index is 13.6. The summed E-state index contributed by atoms with van der Waals surface area (Å²) in [5, 5.41) is 20.9. The van der Waals surface area contributed by atoms with Crippen LogP contribution in [0.3, 0.4) is 0 Å². The van der Waals surface area contributed by atoms with Crippen molar-refractivity contribution in [3.8, 4) is 0 Å². The Morgan fingerprint density at radius 2 is 1.62 bits per heavy atom. The first-order valence-corrected chi connectivity index (χ1v) is 20.4. The van der Waals surface area contributed by atoms with E-state index in [1.54, 1.807) is 30.3 Å². The highest BCUT2D eigenvalue weighted by Crippen LogP contribution is 2.36. The van der Waals surface area contributed by atoms with E-state index in [0.29, 0.717) is 29.8 Å². The second-order valence-electron chi connectivity index (χ2n) is 14.1. The van der Waals surface area contributed by atoms with Gasteiger partial charge in [-0.2, -0.15) is 4.31 Å². The van der Waals surface area contributed by atoms with E-state index in [0.717, 1.165) is 9.87 Å². The van der Waals surface area contributed by atoms with Gasteiger partial charge in [-0.25, -0.2) is 18.0 Å². The molecule has 3 aromatic carbocycles. The summed E-state index contributed by atoms with van der Waals surface area (Å²) in [5.41, 5.74) is 1.17. The van der Waals surface area contributed by atoms with Crippen molar-refractivity contribution >= 4 is 74.3 Å². The molecule has 1 saturated heterocycles. The maximum atomic E-state index is 13.6. The Hall–Kier alpha value is -4.70. The van der Waals surface area contributed by atoms with Gasteiger partial charge in [0.2, 0.25) is 27.7 Å². The molecule has 0 aromatic heterocycles. The van der Waals surface area contributed by atoms with Gasteiger partial charge in [-0.05, 0) is 86.6 Å². The number of halogens is 2. The van der Waals surface area contributed by atoms with Gasteiger partial charge in [-0.3, -0.25) is 14.4 Å². The number of hydrogen-bond acceptors (Lipinski definition) is 7. The van der Waals surface area contributed by atoms with E-state index in [2.05, 4.69) is 21.3 Å². The van der Waals surface area contributed by atoms with Crippen molar-refractivity contribution < 1.29 is 37.5 Å². The van der Waals surface area contributed by atoms with Gasteiger partial charge in [0.05, 0.1) is 11.3 Å². The van der Waals surface area contributed by atoms with E-state index in [1.807, 2.05) is 39.0 Å². The van der Waals surface area contributed by atoms with E-state index in [-0.39, 0.29) is 59.1 Å². The predicted molar refractivity (Wildman–Crippen MR) is 215 cm³/mol. The predicted octanol–water partition coefficient (Wildman–Crippen LogP) is 5.68. The van der Waals surface area contributed by atoms with E-state index < -0.39 is 51.5 Å². The third-order valence-corrected chi connectivity index (χ3v) is 12.5. The normalized spacial score (nSPS) is 17.3. The lowest BCUT2D eigenvalue weighted by molar-refractivity contribution is -0.143. The van der Waals surface area contributed by atoms with Gasteiger partial charge in [-0.15, -0.1) is 0 Å². The van der Waals surface area contributed by atoms with Crippen molar-refractivity contribution in [3.05, 3.63) is 87.9 Å². The average Bonchev–Trinajstić information content (AvgIpc) is 3.55. The number of urea groups is 1. The van der Waals surface area contributed by atoms with E-state index in [9.17, 15) is 37.5 Å². The number of aliphatic carboxylic acids is 1. The van der Waals surface area contributed by atoms with Crippen LogP contribution < -0.4 is 21.3 Å². The van der Waals surface area contributed by atoms with Crippen molar-refractivity contribution in [2.75, 3.05) is 30.8 Å². The number of nitrogens with one attached hydrogen (secondary N) is 4. The zero-order valence-corrected chi connectivity index (χ0v) is 34.2. The largest absolute Gasteiger partial charge is 0.480 e. The fourth-order valence-corrected chi connectivity index (χ4v) is 9.10. The van der Waals surface area contributed by atoms with Crippen LogP contribution in [0.5, 0.6) is 0 Å². The standard InChI is InChI=1S/C39H48Cl2N6O8S/c1-6-24(2)34(46(5)33(48)20-26-12-14-29(15-13-26)43-38(53)45-31-11-8-7-10-25(31)3)35(49)42-18-16-32(36(50)51)44-37(52)39(4)17-9-19-47(39)56(54,55)30-22-27(40)21-28(41)23-30/h7-8,10-15,21-24,32,34H,6,9,16-20H2,1-5H3,(H,42,49)(H,44,52)(H,50,51)(H2,43,45,53)/t24?,32-,34-,39-/m0/s1. The first kappa shape index (κ1) is 44.0. The number of carboxylic acid groups (broad SMARTS) is 1. The number of amides is 5. The summed E-state index contributed by atoms with van der Waals surface area (Å²) in [6.45, 7) is 6.89. The summed E-state index contributed by atoms with van der Waals surface area (Å²) < 4.78 is 28.2. The number of carboxylic acids is 1. The molecule has 0 saturated carbocycles. The topological polar surface area (TPSA) is 194 Å². The number of rotatable bonds is 16. The van der Waals surface area contributed by atoms with Gasteiger partial charge in [0.1, 0.15) is 17.6 Å². The van der Waals surface area contributed by atoms with E-state index >= 15 is 0 Å². The molecular formula is C39H48Cl2N6O8S. The van der Waals surface area contributed by atoms with Crippen LogP contribution in [0.2, 0.25) is 10.0 Å². The van der Waals surface area contributed by atoms with Crippen molar-refractivity contribution in [1.29, 1.82) is 0 Å². The first-order chi connectivity index (χ1) is 26.4. The smallest absolute Gasteiger partial charge is 0.326 e. The van der Waals surface area contributed by atoms with Crippen LogP contribution in [-0.2, 0) is 35.6 Å². The van der Waals surface area contributed by atoms with E-state index in [4.69, 9.17) is 23.2 Å². The van der Waals surface area contributed by atoms with Crippen LogP contribution in [0, 0.1) is 12.8 Å². The summed E-state index contributed by atoms with van der Waals surface area (Å²) in [7, 11) is -2.71. The van der Waals surface area contributed by atoms with Gasteiger partial charge < -0.3 is 31.3 Å². The maximum Gasteiger partial charge on any atom is 0.326 e. The number of hydrogen-bond donors (Lipinski definition) is 5. The number of anilines is 2. The molecule has 5 amide bonds. The molecule has 1 aliphatic heterocycles. The molecule has 0 bridgehead atoms. The Labute approximate surface area is 337 Å². The van der Waals surface area contributed by atoms with Crippen LogP contribution in [0.15, 0.2) is 71.6 Å². The molecule has 0 aliphatic carbocycles. The lowest BCUT2D eigenvalue weighted by atomic mass is 9.96. The van der Waals surface area contributed by atoms with Crippen LogP contribution in [-0.4, -0.2) is 90.2 Å². The lowest BCUT2D eigenvalue weighted by Crippen LogP contribution is -2.58. The number of carbonyl (C=O) groups excluding carboxylic acids is 4. The second-order valence-corrected chi connectivity index (χ2v) is 16.8. The number of aryl methyl sites for hydroxylation is 1. The number of sulfonamides is 1. The zero-order chi connectivity index (χ0) is 41.4. The summed E-state index contributed by atoms with van der Waals surface area (Å²) in [5.74, 6) is -3.26. The molecule has 17 heteroatoms. The highest BCUT2D eigenvalue weighted by molar-refractivity contribution is 7.89. The monoisotopic (exact) mass is 830 g/mol. The minimum atomic E-state index is -4.24. The molecule has 4 atom stereocenters. The summed E-state index contributed by atoms with van der Waals surface area (Å²) in [6.07, 6.45) is 0.820. The van der Waals surface area contributed by atoms with Crippen molar-refractivity contribution in [2.45, 2.75) is 82.3 Å². The molecule has 302 valence electrons. The average molecular weight is 832 g/mol. The van der Waals surface area contributed by atoms with E-state index in [1.165, 1.54) is 37.1 Å². The molecule has 4 rings (SSSR count). The Morgan fingerprint density at radius 3 is 2.23 bits per heavy atom. The molecule has 0 spiro atoms. The third kappa shape index (κ3) is 10.8. The first-order valence-electron chi connectivity index (χ1n) is 18.2. The summed E-state index contributed by atoms with van der Waals surface area (Å²) in [4.78, 5) is 66.5. The minimum absolute atomic E-state index is 0.0175. The van der Waals surface area contributed by atoms with Crippen molar-refractivity contribution in [3.63, 3.8) is 0 Å². The van der Waals surface area contributed by atoms with Crippen LogP contribution in [0.4, 0.5) is 16.2 Å². The summed E-state index contributed by atoms with van der Waals surface area (Å²) >= 11 is 12.1. The highest BCUT2D eigenvalue weighted by atomic mass is 35.5. The fraction of sp³-hybridized carbons (Fsp3) is 0.410. The molecule has 1 aliphatic rings. The third-order valence-electron chi connectivity index (χ3n) is 10.0. The lowest BCUT2D eigenvalue weighted by Gasteiger charge is -2.34. The van der Waals surface area contributed by atoms with Crippen LogP contribution in [0.25, 0.3) is 0 Å². The number of benzene rings is 3. The second kappa shape index (κ2) is 19.0. The highest BCUT2D eigenvalue weighted by Gasteiger charge is 2.50. The van der Waals surface area contributed by atoms with Gasteiger partial charge in [0.25, 0.3) is 0 Å². The van der Waals surface area contributed by atoms with Gasteiger partial charge in [0.15, 0.2) is 0 Å². The van der Waals surface area contributed by atoms with Gasteiger partial charge in [0, 0.05) is 41.6 Å². The van der Waals surface area contributed by atoms with Crippen LogP contribution in [0.1, 0.15) is 57.6 Å². The molecule has 1 unspecified atom stereocenters. The summed E-state index contributed by atoms with van der Waals surface area (Å²) in [6, 6.07) is 15.2. The Kier molecular flexibility index (Phi) is 14.9. The number of carbonyl (C=O) groups is 5. The van der Waals surface area contributed by atoms with Gasteiger partial charge >= 0.3 is 12.0 Å². The van der Waals surface area contributed by atoms with Crippen molar-refractivity contribution in [1.82, 2.24) is 19.8 Å². The SMILES string of the molecule is CCC(C)[C@@H](C(=O)NCC[C@H](NC(=O)[C@]1(C)CCCN1S(=O)(=O)c1cc(Cl)cc(Cl)c1)C(=O)O)N(C)C(=O)Cc1ccc(NC(=O)Nc2ccccc2C)cc1. The Balaban J connectivity index is 1.35. The number of para-hydroxylation sites is 1. The molecule has 3 aromatic rings. The minimum Gasteiger partial charge on any atom is -0.480 e. The molecule has 0 radical (unpaired) electrons. The van der Waals surface area contributed by atoms with Crippen molar-refractivity contribution in [2.24, 2.45) is 5.92 Å². The fourth-order valence-electron chi connectivity index (χ4n) is 6.57. The number of likely N-dealkylation sites (N-methyl/N-ethyl adjacent to an activating group) is 1. The molecule has 14 nitrogen and oxygen atoms in total. The molecule has 5 N–H and O–H groups in total. The molecule has 1 fully saturated rings. The van der Waals surface area contributed by atoms with Crippen LogP contribution >= 0.6 is 23.2 Å².